The van der Waals surface area contributed by atoms with Gasteiger partial charge in [0.1, 0.15) is 0 Å². The van der Waals surface area contributed by atoms with Crippen molar-refractivity contribution in [1.29, 1.82) is 0 Å². The van der Waals surface area contributed by atoms with Crippen LogP contribution in [0.2, 0.25) is 0 Å². The largest absolute Gasteiger partial charge is 0.392 e. The van der Waals surface area contributed by atoms with Gasteiger partial charge in [-0.1, -0.05) is 27.7 Å². The molecule has 0 bridgehead atoms. The van der Waals surface area contributed by atoms with Crippen molar-refractivity contribution in [2.75, 3.05) is 12.5 Å². The lowest BCUT2D eigenvalue weighted by atomic mass is 9.75. The van der Waals surface area contributed by atoms with Crippen molar-refractivity contribution in [1.82, 2.24) is 0 Å². The molecule has 0 aromatic heterocycles. The maximum Gasteiger partial charge on any atom is 0.340 e. The summed E-state index contributed by atoms with van der Waals surface area (Å²) in [5.41, 5.74) is -0.706. The molecular weight excluding hydrogens is 318 g/mol. The fourth-order valence-electron chi connectivity index (χ4n) is 3.11. The first-order valence-electron chi connectivity index (χ1n) is 6.97. The Morgan fingerprint density at radius 1 is 1.29 bits per heavy atom. The molecule has 0 aromatic rings. The maximum absolute atomic E-state index is 11.7. The normalized spacial score (nSPS) is 36.9. The van der Waals surface area contributed by atoms with Crippen LogP contribution in [0.25, 0.3) is 0 Å². The second kappa shape index (κ2) is 6.40. The summed E-state index contributed by atoms with van der Waals surface area (Å²) in [5, 5.41) is 10.3. The molecule has 0 saturated heterocycles. The minimum absolute atomic E-state index is 0.0718. The number of hydrogen-bond acceptors (Lipinski definition) is 4. The van der Waals surface area contributed by atoms with E-state index in [4.69, 9.17) is 14.3 Å². The Kier molecular flexibility index (Phi) is 5.89. The number of aliphatic hydroxyl groups is 1. The highest BCUT2D eigenvalue weighted by Crippen LogP contribution is 2.58. The zero-order valence-electron chi connectivity index (χ0n) is 12.8. The summed E-state index contributed by atoms with van der Waals surface area (Å²) in [5.74, 6) is -0.489. The van der Waals surface area contributed by atoms with Crippen molar-refractivity contribution >= 4 is 15.2 Å². The molecular formula is C12H26O7P2. The van der Waals surface area contributed by atoms with Gasteiger partial charge in [0, 0.05) is 5.41 Å². The van der Waals surface area contributed by atoms with E-state index in [1.54, 1.807) is 6.92 Å². The molecule has 9 heteroatoms. The van der Waals surface area contributed by atoms with Crippen LogP contribution in [-0.2, 0) is 13.7 Å². The van der Waals surface area contributed by atoms with Gasteiger partial charge in [-0.05, 0) is 24.2 Å². The van der Waals surface area contributed by atoms with E-state index in [1.165, 1.54) is 0 Å². The third kappa shape index (κ3) is 4.87. The van der Waals surface area contributed by atoms with Crippen molar-refractivity contribution in [3.05, 3.63) is 0 Å². The van der Waals surface area contributed by atoms with Crippen molar-refractivity contribution in [2.45, 2.75) is 40.2 Å². The van der Waals surface area contributed by atoms with Crippen LogP contribution >= 0.6 is 15.2 Å². The van der Waals surface area contributed by atoms with Crippen LogP contribution < -0.4 is 0 Å². The molecule has 0 heterocycles. The van der Waals surface area contributed by atoms with Gasteiger partial charge in [0.05, 0.1) is 12.7 Å². The first-order chi connectivity index (χ1) is 9.28. The zero-order valence-corrected chi connectivity index (χ0v) is 14.6. The van der Waals surface area contributed by atoms with E-state index >= 15 is 0 Å². The zero-order chi connectivity index (χ0) is 16.6. The van der Waals surface area contributed by atoms with Crippen LogP contribution in [0.5, 0.6) is 0 Å². The highest BCUT2D eigenvalue weighted by molar-refractivity contribution is 7.70. The van der Waals surface area contributed by atoms with E-state index < -0.39 is 32.6 Å². The molecule has 5 atom stereocenters. The SMILES string of the molecule is CC(C)[C@H]1C[C@@H](O)[C@@](C)(COP(=O)(O)CP(=O)(O)O)[C@@H]1C. The molecule has 0 aromatic carbocycles. The monoisotopic (exact) mass is 344 g/mol. The molecule has 4 N–H and O–H groups in total. The van der Waals surface area contributed by atoms with Crippen LogP contribution in [0.15, 0.2) is 0 Å². The van der Waals surface area contributed by atoms with Gasteiger partial charge >= 0.3 is 15.2 Å². The second-order valence-electron chi connectivity index (χ2n) is 6.67. The van der Waals surface area contributed by atoms with Gasteiger partial charge in [-0.25, -0.2) is 0 Å². The quantitative estimate of drug-likeness (QED) is 0.543. The summed E-state index contributed by atoms with van der Waals surface area (Å²) in [6.45, 7) is 7.67. The third-order valence-corrected chi connectivity index (χ3v) is 8.17. The number of rotatable bonds is 6. The van der Waals surface area contributed by atoms with Crippen molar-refractivity contribution < 1.29 is 33.4 Å². The van der Waals surface area contributed by atoms with Crippen LogP contribution in [0.3, 0.4) is 0 Å². The smallest absolute Gasteiger partial charge is 0.340 e. The Morgan fingerprint density at radius 2 is 1.81 bits per heavy atom. The summed E-state index contributed by atoms with van der Waals surface area (Å²) in [4.78, 5) is 27.1. The Morgan fingerprint density at radius 3 is 2.19 bits per heavy atom. The lowest BCUT2D eigenvalue weighted by Gasteiger charge is -2.34. The Bertz CT molecular complexity index is 461. The molecule has 0 spiro atoms. The molecule has 7 nitrogen and oxygen atoms in total. The lowest BCUT2D eigenvalue weighted by molar-refractivity contribution is 0.00101. The molecule has 0 radical (unpaired) electrons. The van der Waals surface area contributed by atoms with E-state index in [-0.39, 0.29) is 18.4 Å². The van der Waals surface area contributed by atoms with E-state index in [0.717, 1.165) is 0 Å². The predicted molar refractivity (Wildman–Crippen MR) is 78.9 cm³/mol. The van der Waals surface area contributed by atoms with Gasteiger partial charge in [-0.15, -0.1) is 0 Å². The number of hydrogen-bond donors (Lipinski definition) is 4. The Balaban J connectivity index is 2.78. The first kappa shape index (κ1) is 19.3. The molecule has 1 rings (SSSR count). The average Bonchev–Trinajstić information content (AvgIpc) is 2.49. The van der Waals surface area contributed by atoms with Crippen LogP contribution in [0, 0.1) is 23.2 Å². The fourth-order valence-corrected chi connectivity index (χ4v) is 5.78. The molecule has 0 amide bonds. The lowest BCUT2D eigenvalue weighted by Crippen LogP contribution is -2.37. The minimum Gasteiger partial charge on any atom is -0.392 e. The summed E-state index contributed by atoms with van der Waals surface area (Å²) < 4.78 is 27.5. The Labute approximate surface area is 125 Å². The molecule has 21 heavy (non-hydrogen) atoms. The van der Waals surface area contributed by atoms with Gasteiger partial charge < -0.3 is 24.3 Å². The average molecular weight is 344 g/mol. The standard InChI is InChI=1S/C12H26O7P2/c1-8(2)10-5-11(13)12(4,9(10)3)6-19-21(17,18)7-20(14,15)16/h8-11,13H,5-7H2,1-4H3,(H,17,18)(H2,14,15,16)/t9-,10-,11-,12+/m1/s1. The third-order valence-electron chi connectivity index (χ3n) is 4.74. The molecule has 1 unspecified atom stereocenters. The molecule has 1 aliphatic rings. The van der Waals surface area contributed by atoms with E-state index in [9.17, 15) is 19.1 Å². The van der Waals surface area contributed by atoms with Gasteiger partial charge in [0.15, 0.2) is 5.90 Å². The van der Waals surface area contributed by atoms with E-state index in [1.807, 2.05) is 6.92 Å². The highest BCUT2D eigenvalue weighted by Gasteiger charge is 2.51. The Hall–Kier alpha value is 0.260. The molecule has 126 valence electrons. The highest BCUT2D eigenvalue weighted by atomic mass is 31.2. The summed E-state index contributed by atoms with van der Waals surface area (Å²) in [7, 11) is -9.01. The second-order valence-corrected chi connectivity index (χ2v) is 10.7. The first-order valence-corrected chi connectivity index (χ1v) is 10.5. The predicted octanol–water partition coefficient (Wildman–Crippen LogP) is 2.00. The molecule has 1 aliphatic carbocycles. The number of aliphatic hydroxyl groups excluding tert-OH is 1. The summed E-state index contributed by atoms with van der Waals surface area (Å²) >= 11 is 0. The molecule has 1 fully saturated rings. The van der Waals surface area contributed by atoms with E-state index in [0.29, 0.717) is 12.3 Å². The van der Waals surface area contributed by atoms with E-state index in [2.05, 4.69) is 13.8 Å². The minimum atomic E-state index is -4.63. The van der Waals surface area contributed by atoms with Gasteiger partial charge in [-0.3, -0.25) is 9.13 Å². The summed E-state index contributed by atoms with van der Waals surface area (Å²) in [6, 6.07) is 0. The molecule has 0 aliphatic heterocycles. The van der Waals surface area contributed by atoms with Gasteiger partial charge in [-0.2, -0.15) is 0 Å². The topological polar surface area (TPSA) is 124 Å². The van der Waals surface area contributed by atoms with Gasteiger partial charge in [0.25, 0.3) is 0 Å². The van der Waals surface area contributed by atoms with Crippen LogP contribution in [-0.4, -0.2) is 38.4 Å². The van der Waals surface area contributed by atoms with Gasteiger partial charge in [0.2, 0.25) is 0 Å². The maximum atomic E-state index is 11.7. The van der Waals surface area contributed by atoms with Crippen molar-refractivity contribution in [3.8, 4) is 0 Å². The van der Waals surface area contributed by atoms with Crippen LogP contribution in [0.1, 0.15) is 34.1 Å². The van der Waals surface area contributed by atoms with Crippen molar-refractivity contribution in [2.24, 2.45) is 23.2 Å². The summed E-state index contributed by atoms with van der Waals surface area (Å²) in [6.07, 6.45) is -0.0811. The molecule has 1 saturated carbocycles. The fraction of sp³-hybridized carbons (Fsp3) is 1.00. The van der Waals surface area contributed by atoms with Crippen molar-refractivity contribution in [3.63, 3.8) is 0 Å². The van der Waals surface area contributed by atoms with Crippen LogP contribution in [0.4, 0.5) is 0 Å².